The SMILES string of the molecule is CO[C@@]12CCC(NC(C)=O)CC1N(C(=O)c1ccccc1-c1ncc[nH]1)CC2. The first kappa shape index (κ1) is 18.7. The molecular formula is C21H26N4O3. The number of amides is 2. The molecule has 4 rings (SSSR count). The van der Waals surface area contributed by atoms with Crippen molar-refractivity contribution in [2.75, 3.05) is 13.7 Å². The van der Waals surface area contributed by atoms with Crippen molar-refractivity contribution in [3.05, 3.63) is 42.2 Å². The van der Waals surface area contributed by atoms with Crippen LogP contribution in [0.5, 0.6) is 0 Å². The van der Waals surface area contributed by atoms with E-state index in [1.54, 1.807) is 19.5 Å². The number of rotatable bonds is 4. The molecule has 2 fully saturated rings. The predicted molar refractivity (Wildman–Crippen MR) is 105 cm³/mol. The summed E-state index contributed by atoms with van der Waals surface area (Å²) in [4.78, 5) is 34.4. The van der Waals surface area contributed by atoms with Gasteiger partial charge in [0.1, 0.15) is 5.82 Å². The number of ether oxygens (including phenoxy) is 1. The quantitative estimate of drug-likeness (QED) is 0.850. The number of carbonyl (C=O) groups is 2. The van der Waals surface area contributed by atoms with Crippen LogP contribution in [-0.2, 0) is 9.53 Å². The summed E-state index contributed by atoms with van der Waals surface area (Å²) in [6.45, 7) is 2.19. The number of H-pyrrole nitrogens is 1. The van der Waals surface area contributed by atoms with Crippen LogP contribution in [-0.4, -0.2) is 58.0 Å². The van der Waals surface area contributed by atoms with Crippen molar-refractivity contribution in [2.45, 2.75) is 50.3 Å². The topological polar surface area (TPSA) is 87.3 Å². The van der Waals surface area contributed by atoms with E-state index in [1.807, 2.05) is 29.2 Å². The molecule has 0 radical (unpaired) electrons. The van der Waals surface area contributed by atoms with Crippen LogP contribution < -0.4 is 5.32 Å². The smallest absolute Gasteiger partial charge is 0.254 e. The largest absolute Gasteiger partial charge is 0.376 e. The fourth-order valence-corrected chi connectivity index (χ4v) is 4.80. The molecule has 7 heteroatoms. The predicted octanol–water partition coefficient (Wildman–Crippen LogP) is 2.36. The van der Waals surface area contributed by atoms with Crippen molar-refractivity contribution in [2.24, 2.45) is 0 Å². The number of fused-ring (bicyclic) bond motifs is 1. The number of likely N-dealkylation sites (tertiary alicyclic amines) is 1. The highest BCUT2D eigenvalue weighted by Gasteiger charge is 2.52. The highest BCUT2D eigenvalue weighted by Crippen LogP contribution is 2.43. The van der Waals surface area contributed by atoms with Crippen LogP contribution in [0.3, 0.4) is 0 Å². The van der Waals surface area contributed by atoms with Gasteiger partial charge in [0, 0.05) is 44.6 Å². The maximum atomic E-state index is 13.5. The third kappa shape index (κ3) is 3.20. The van der Waals surface area contributed by atoms with E-state index < -0.39 is 0 Å². The van der Waals surface area contributed by atoms with Gasteiger partial charge in [0.25, 0.3) is 5.91 Å². The van der Waals surface area contributed by atoms with Crippen LogP contribution in [0.25, 0.3) is 11.4 Å². The standard InChI is InChI=1S/C21H26N4O3/c1-14(26)24-15-7-8-21(28-2)9-12-25(18(21)13-15)20(27)17-6-4-3-5-16(17)19-22-10-11-23-19/h3-6,10-11,15,18H,7-9,12-13H2,1-2H3,(H,22,23)(H,24,26)/t15?,18?,21-/m1/s1. The molecule has 1 aliphatic carbocycles. The fraction of sp³-hybridized carbons (Fsp3) is 0.476. The van der Waals surface area contributed by atoms with E-state index in [1.165, 1.54) is 6.92 Å². The van der Waals surface area contributed by atoms with Gasteiger partial charge in [-0.05, 0) is 31.7 Å². The summed E-state index contributed by atoms with van der Waals surface area (Å²) in [5, 5.41) is 3.02. The summed E-state index contributed by atoms with van der Waals surface area (Å²) in [6.07, 6.45) is 6.67. The third-order valence-electron chi connectivity index (χ3n) is 6.17. The summed E-state index contributed by atoms with van der Waals surface area (Å²) in [5.41, 5.74) is 1.09. The van der Waals surface area contributed by atoms with Gasteiger partial charge in [-0.3, -0.25) is 9.59 Å². The molecule has 7 nitrogen and oxygen atoms in total. The molecule has 2 aliphatic rings. The molecule has 0 spiro atoms. The lowest BCUT2D eigenvalue weighted by atomic mass is 9.78. The Bertz CT molecular complexity index is 866. The van der Waals surface area contributed by atoms with Gasteiger partial charge < -0.3 is 19.9 Å². The van der Waals surface area contributed by atoms with Crippen LogP contribution in [0.4, 0.5) is 0 Å². The highest BCUT2D eigenvalue weighted by molar-refractivity contribution is 6.00. The van der Waals surface area contributed by atoms with E-state index >= 15 is 0 Å². The Morgan fingerprint density at radius 3 is 2.86 bits per heavy atom. The second-order valence-electron chi connectivity index (χ2n) is 7.69. The van der Waals surface area contributed by atoms with Crippen molar-refractivity contribution in [3.8, 4) is 11.4 Å². The van der Waals surface area contributed by atoms with Crippen molar-refractivity contribution < 1.29 is 14.3 Å². The molecular weight excluding hydrogens is 356 g/mol. The molecule has 2 aromatic rings. The summed E-state index contributed by atoms with van der Waals surface area (Å²) in [5.74, 6) is 0.634. The second kappa shape index (κ2) is 7.39. The molecule has 2 N–H and O–H groups in total. The number of carbonyl (C=O) groups excluding carboxylic acids is 2. The van der Waals surface area contributed by atoms with E-state index in [0.717, 1.165) is 24.8 Å². The minimum Gasteiger partial charge on any atom is -0.376 e. The van der Waals surface area contributed by atoms with Crippen molar-refractivity contribution in [3.63, 3.8) is 0 Å². The minimum atomic E-state index is -0.329. The maximum Gasteiger partial charge on any atom is 0.254 e. The van der Waals surface area contributed by atoms with Crippen molar-refractivity contribution in [1.82, 2.24) is 20.2 Å². The van der Waals surface area contributed by atoms with Gasteiger partial charge in [-0.15, -0.1) is 0 Å². The lowest BCUT2D eigenvalue weighted by Crippen LogP contribution is -2.55. The molecule has 1 saturated heterocycles. The Hall–Kier alpha value is -2.67. The first-order chi connectivity index (χ1) is 13.5. The van der Waals surface area contributed by atoms with E-state index in [2.05, 4.69) is 15.3 Å². The Labute approximate surface area is 164 Å². The zero-order chi connectivity index (χ0) is 19.7. The highest BCUT2D eigenvalue weighted by atomic mass is 16.5. The first-order valence-electron chi connectivity index (χ1n) is 9.76. The lowest BCUT2D eigenvalue weighted by molar-refractivity contribution is -0.121. The van der Waals surface area contributed by atoms with Gasteiger partial charge in [0.15, 0.2) is 0 Å². The van der Waals surface area contributed by atoms with Gasteiger partial charge in [-0.25, -0.2) is 4.98 Å². The van der Waals surface area contributed by atoms with Gasteiger partial charge in [0.2, 0.25) is 5.91 Å². The third-order valence-corrected chi connectivity index (χ3v) is 6.17. The van der Waals surface area contributed by atoms with E-state index in [4.69, 9.17) is 4.74 Å². The fourth-order valence-electron chi connectivity index (χ4n) is 4.80. The number of hydrogen-bond donors (Lipinski definition) is 2. The number of methoxy groups -OCH3 is 1. The van der Waals surface area contributed by atoms with E-state index in [0.29, 0.717) is 24.4 Å². The molecule has 3 atom stereocenters. The number of imidazole rings is 1. The average Bonchev–Trinajstić information content (AvgIpc) is 3.35. The molecule has 0 bridgehead atoms. The molecule has 1 aliphatic heterocycles. The summed E-state index contributed by atoms with van der Waals surface area (Å²) >= 11 is 0. The Morgan fingerprint density at radius 1 is 1.32 bits per heavy atom. The number of nitrogens with zero attached hydrogens (tertiary/aromatic N) is 2. The van der Waals surface area contributed by atoms with Crippen LogP contribution in [0.15, 0.2) is 36.7 Å². The van der Waals surface area contributed by atoms with Gasteiger partial charge in [-0.2, -0.15) is 0 Å². The van der Waals surface area contributed by atoms with Crippen LogP contribution in [0.1, 0.15) is 43.0 Å². The number of aromatic amines is 1. The van der Waals surface area contributed by atoms with Gasteiger partial charge in [-0.1, -0.05) is 18.2 Å². The first-order valence-corrected chi connectivity index (χ1v) is 9.76. The van der Waals surface area contributed by atoms with Gasteiger partial charge >= 0.3 is 0 Å². The molecule has 1 saturated carbocycles. The second-order valence-corrected chi connectivity index (χ2v) is 7.69. The summed E-state index contributed by atoms with van der Waals surface area (Å²) < 4.78 is 5.95. The summed E-state index contributed by atoms with van der Waals surface area (Å²) in [6, 6.07) is 7.55. The minimum absolute atomic E-state index is 0.0144. The molecule has 148 valence electrons. The zero-order valence-electron chi connectivity index (χ0n) is 16.3. The van der Waals surface area contributed by atoms with Gasteiger partial charge in [0.05, 0.1) is 17.2 Å². The number of nitrogens with one attached hydrogen (secondary N) is 2. The monoisotopic (exact) mass is 382 g/mol. The molecule has 28 heavy (non-hydrogen) atoms. The Morgan fingerprint density at radius 2 is 2.14 bits per heavy atom. The molecule has 2 amide bonds. The normalized spacial score (nSPS) is 26.7. The molecule has 1 aromatic heterocycles. The van der Waals surface area contributed by atoms with E-state index in [-0.39, 0.29) is 29.5 Å². The van der Waals surface area contributed by atoms with Crippen LogP contribution in [0, 0.1) is 0 Å². The molecule has 2 heterocycles. The number of benzene rings is 1. The molecule has 1 aromatic carbocycles. The van der Waals surface area contributed by atoms with Crippen LogP contribution in [0.2, 0.25) is 0 Å². The lowest BCUT2D eigenvalue weighted by Gasteiger charge is -2.43. The van der Waals surface area contributed by atoms with Crippen molar-refractivity contribution >= 4 is 11.8 Å². The number of hydrogen-bond acceptors (Lipinski definition) is 4. The maximum absolute atomic E-state index is 13.5. The summed E-state index contributed by atoms with van der Waals surface area (Å²) in [7, 11) is 1.73. The number of aromatic nitrogens is 2. The Kier molecular flexibility index (Phi) is 4.93. The average molecular weight is 382 g/mol. The van der Waals surface area contributed by atoms with Crippen LogP contribution >= 0.6 is 0 Å². The Balaban J connectivity index is 1.64. The van der Waals surface area contributed by atoms with E-state index in [9.17, 15) is 9.59 Å². The zero-order valence-corrected chi connectivity index (χ0v) is 16.3. The van der Waals surface area contributed by atoms with Crippen molar-refractivity contribution in [1.29, 1.82) is 0 Å². The molecule has 2 unspecified atom stereocenters.